The summed E-state index contributed by atoms with van der Waals surface area (Å²) >= 11 is 0. The van der Waals surface area contributed by atoms with Crippen LogP contribution in [0, 0.1) is 0 Å². The van der Waals surface area contributed by atoms with Crippen LogP contribution >= 0.6 is 0 Å². The summed E-state index contributed by atoms with van der Waals surface area (Å²) in [5.74, 6) is 1.07. The van der Waals surface area contributed by atoms with E-state index >= 15 is 0 Å². The number of hydrogen-bond acceptors (Lipinski definition) is 2. The van der Waals surface area contributed by atoms with Crippen molar-refractivity contribution in [3.8, 4) is 5.75 Å². The standard InChI is InChI=1S/C14H21NO/c1-3-8-15-13-7-9-16-14-6-5-11(4-2)10-12(13)14/h5-6,10,13,15H,3-4,7-9H2,1-2H3. The lowest BCUT2D eigenvalue weighted by atomic mass is 9.97. The van der Waals surface area contributed by atoms with E-state index in [1.54, 1.807) is 0 Å². The van der Waals surface area contributed by atoms with Gasteiger partial charge in [0.2, 0.25) is 0 Å². The van der Waals surface area contributed by atoms with Crippen molar-refractivity contribution < 1.29 is 4.74 Å². The van der Waals surface area contributed by atoms with Gasteiger partial charge in [0.15, 0.2) is 0 Å². The summed E-state index contributed by atoms with van der Waals surface area (Å²) in [5, 5.41) is 3.60. The summed E-state index contributed by atoms with van der Waals surface area (Å²) < 4.78 is 5.69. The first kappa shape index (κ1) is 11.5. The molecule has 0 bridgehead atoms. The minimum atomic E-state index is 0.482. The average molecular weight is 219 g/mol. The van der Waals surface area contributed by atoms with Crippen LogP contribution in [0.3, 0.4) is 0 Å². The molecule has 0 radical (unpaired) electrons. The van der Waals surface area contributed by atoms with Crippen LogP contribution in [0.4, 0.5) is 0 Å². The van der Waals surface area contributed by atoms with Crippen molar-refractivity contribution in [2.24, 2.45) is 0 Å². The Morgan fingerprint density at radius 1 is 1.38 bits per heavy atom. The van der Waals surface area contributed by atoms with Crippen molar-refractivity contribution in [1.82, 2.24) is 5.32 Å². The summed E-state index contributed by atoms with van der Waals surface area (Å²) in [4.78, 5) is 0. The van der Waals surface area contributed by atoms with Crippen LogP contribution in [-0.2, 0) is 6.42 Å². The Hall–Kier alpha value is -1.02. The third kappa shape index (κ3) is 2.38. The molecule has 1 atom stereocenters. The third-order valence-corrected chi connectivity index (χ3v) is 3.16. The Morgan fingerprint density at radius 3 is 3.00 bits per heavy atom. The minimum Gasteiger partial charge on any atom is -0.493 e. The van der Waals surface area contributed by atoms with Gasteiger partial charge < -0.3 is 10.1 Å². The molecule has 1 aromatic carbocycles. The molecule has 0 aliphatic carbocycles. The van der Waals surface area contributed by atoms with Crippen LogP contribution in [0.2, 0.25) is 0 Å². The number of rotatable bonds is 4. The molecule has 0 fully saturated rings. The fraction of sp³-hybridized carbons (Fsp3) is 0.571. The Morgan fingerprint density at radius 2 is 2.25 bits per heavy atom. The van der Waals surface area contributed by atoms with E-state index in [0.717, 1.165) is 31.7 Å². The Labute approximate surface area is 98.0 Å². The highest BCUT2D eigenvalue weighted by atomic mass is 16.5. The SMILES string of the molecule is CCCNC1CCOc2ccc(CC)cc21. The van der Waals surface area contributed by atoms with Crippen molar-refractivity contribution in [3.63, 3.8) is 0 Å². The molecule has 0 saturated heterocycles. The zero-order valence-electron chi connectivity index (χ0n) is 10.3. The number of fused-ring (bicyclic) bond motifs is 1. The second kappa shape index (κ2) is 5.35. The highest BCUT2D eigenvalue weighted by Crippen LogP contribution is 2.32. The highest BCUT2D eigenvalue weighted by molar-refractivity contribution is 5.40. The van der Waals surface area contributed by atoms with E-state index in [9.17, 15) is 0 Å². The first-order valence-electron chi connectivity index (χ1n) is 6.34. The average Bonchev–Trinajstić information content (AvgIpc) is 2.35. The largest absolute Gasteiger partial charge is 0.493 e. The second-order valence-electron chi connectivity index (χ2n) is 4.37. The van der Waals surface area contributed by atoms with Gasteiger partial charge in [-0.05, 0) is 31.0 Å². The molecule has 2 heteroatoms. The molecule has 16 heavy (non-hydrogen) atoms. The van der Waals surface area contributed by atoms with Crippen LogP contribution in [-0.4, -0.2) is 13.2 Å². The number of aryl methyl sites for hydroxylation is 1. The maximum absolute atomic E-state index is 5.69. The van der Waals surface area contributed by atoms with Crippen molar-refractivity contribution in [2.75, 3.05) is 13.2 Å². The van der Waals surface area contributed by atoms with E-state index in [0.29, 0.717) is 6.04 Å². The van der Waals surface area contributed by atoms with E-state index in [1.807, 2.05) is 0 Å². The smallest absolute Gasteiger partial charge is 0.124 e. The normalized spacial score (nSPS) is 19.0. The third-order valence-electron chi connectivity index (χ3n) is 3.16. The van der Waals surface area contributed by atoms with E-state index in [2.05, 4.69) is 37.4 Å². The van der Waals surface area contributed by atoms with Gasteiger partial charge in [0.25, 0.3) is 0 Å². The molecule has 1 N–H and O–H groups in total. The molecule has 0 aromatic heterocycles. The van der Waals surface area contributed by atoms with E-state index in [-0.39, 0.29) is 0 Å². The maximum Gasteiger partial charge on any atom is 0.124 e. The lowest BCUT2D eigenvalue weighted by Crippen LogP contribution is -2.27. The fourth-order valence-corrected chi connectivity index (χ4v) is 2.19. The molecule has 1 aliphatic rings. The number of ether oxygens (including phenoxy) is 1. The minimum absolute atomic E-state index is 0.482. The maximum atomic E-state index is 5.69. The fourth-order valence-electron chi connectivity index (χ4n) is 2.19. The van der Waals surface area contributed by atoms with Crippen molar-refractivity contribution in [1.29, 1.82) is 0 Å². The van der Waals surface area contributed by atoms with Gasteiger partial charge >= 0.3 is 0 Å². The van der Waals surface area contributed by atoms with Gasteiger partial charge in [-0.1, -0.05) is 26.0 Å². The summed E-state index contributed by atoms with van der Waals surface area (Å²) in [7, 11) is 0. The van der Waals surface area contributed by atoms with E-state index in [4.69, 9.17) is 4.74 Å². The molecule has 1 unspecified atom stereocenters. The molecule has 1 heterocycles. The first-order chi connectivity index (χ1) is 7.85. The molecule has 1 aliphatic heterocycles. The van der Waals surface area contributed by atoms with Crippen molar-refractivity contribution in [2.45, 2.75) is 39.2 Å². The van der Waals surface area contributed by atoms with Crippen LogP contribution in [0.25, 0.3) is 0 Å². The second-order valence-corrected chi connectivity index (χ2v) is 4.37. The van der Waals surface area contributed by atoms with Gasteiger partial charge in [-0.15, -0.1) is 0 Å². The van der Waals surface area contributed by atoms with Crippen molar-refractivity contribution in [3.05, 3.63) is 29.3 Å². The topological polar surface area (TPSA) is 21.3 Å². The van der Waals surface area contributed by atoms with Gasteiger partial charge in [0.05, 0.1) is 6.61 Å². The van der Waals surface area contributed by atoms with Crippen LogP contribution in [0.5, 0.6) is 5.75 Å². The number of hydrogen-bond donors (Lipinski definition) is 1. The van der Waals surface area contributed by atoms with Gasteiger partial charge in [0, 0.05) is 18.0 Å². The van der Waals surface area contributed by atoms with Crippen LogP contribution in [0.15, 0.2) is 18.2 Å². The predicted octanol–water partition coefficient (Wildman–Crippen LogP) is 3.07. The number of nitrogens with one attached hydrogen (secondary N) is 1. The number of benzene rings is 1. The molecule has 88 valence electrons. The summed E-state index contributed by atoms with van der Waals surface area (Å²) in [5.41, 5.74) is 2.74. The van der Waals surface area contributed by atoms with Gasteiger partial charge in [0.1, 0.15) is 5.75 Å². The van der Waals surface area contributed by atoms with E-state index in [1.165, 1.54) is 17.5 Å². The van der Waals surface area contributed by atoms with Gasteiger partial charge in [-0.2, -0.15) is 0 Å². The van der Waals surface area contributed by atoms with Crippen LogP contribution < -0.4 is 10.1 Å². The quantitative estimate of drug-likeness (QED) is 0.840. The summed E-state index contributed by atoms with van der Waals surface area (Å²) in [6.45, 7) is 6.32. The summed E-state index contributed by atoms with van der Waals surface area (Å²) in [6, 6.07) is 7.06. The zero-order chi connectivity index (χ0) is 11.4. The molecule has 2 nitrogen and oxygen atoms in total. The predicted molar refractivity (Wildman–Crippen MR) is 67.0 cm³/mol. The van der Waals surface area contributed by atoms with Crippen LogP contribution in [0.1, 0.15) is 43.9 Å². The zero-order valence-corrected chi connectivity index (χ0v) is 10.3. The molecule has 0 saturated carbocycles. The first-order valence-corrected chi connectivity index (χ1v) is 6.34. The monoisotopic (exact) mass is 219 g/mol. The summed E-state index contributed by atoms with van der Waals surface area (Å²) in [6.07, 6.45) is 3.36. The molecule has 0 spiro atoms. The Kier molecular flexibility index (Phi) is 3.83. The molecular weight excluding hydrogens is 198 g/mol. The van der Waals surface area contributed by atoms with E-state index < -0.39 is 0 Å². The highest BCUT2D eigenvalue weighted by Gasteiger charge is 2.20. The lowest BCUT2D eigenvalue weighted by Gasteiger charge is -2.27. The van der Waals surface area contributed by atoms with Gasteiger partial charge in [-0.25, -0.2) is 0 Å². The molecule has 0 amide bonds. The lowest BCUT2D eigenvalue weighted by molar-refractivity contribution is 0.253. The Balaban J connectivity index is 2.21. The Bertz CT molecular complexity index is 349. The molecule has 1 aromatic rings. The van der Waals surface area contributed by atoms with Crippen molar-refractivity contribution >= 4 is 0 Å². The van der Waals surface area contributed by atoms with Gasteiger partial charge in [-0.3, -0.25) is 0 Å². The molecular formula is C14H21NO. The molecule has 2 rings (SSSR count).